The summed E-state index contributed by atoms with van der Waals surface area (Å²) < 4.78 is 0. The third-order valence-corrected chi connectivity index (χ3v) is 2.03. The monoisotopic (exact) mass is 171 g/mol. The van der Waals surface area contributed by atoms with Gasteiger partial charge in [-0.15, -0.1) is 0 Å². The topological polar surface area (TPSA) is 29.1 Å². The zero-order valence-electron chi connectivity index (χ0n) is 8.47. The lowest BCUT2D eigenvalue weighted by Gasteiger charge is -2.15. The van der Waals surface area contributed by atoms with Crippen molar-refractivity contribution >= 4 is 6.29 Å². The molecule has 0 aromatic rings. The maximum Gasteiger partial charge on any atom is 0.137 e. The van der Waals surface area contributed by atoms with E-state index in [4.69, 9.17) is 0 Å². The highest BCUT2D eigenvalue weighted by molar-refractivity contribution is 5.57. The third kappa shape index (κ3) is 5.30. The van der Waals surface area contributed by atoms with Gasteiger partial charge in [0.1, 0.15) is 6.29 Å². The molecule has 2 nitrogen and oxygen atoms in total. The minimum absolute atomic E-state index is 0.0434. The quantitative estimate of drug-likeness (QED) is 0.469. The standard InChI is InChI=1S/C10H21NO/c1-4-5-6-7-11-10(8-12)9(2)3/h8-11H,4-7H2,1-3H3/t10-/m1/s1. The molecule has 0 rings (SSSR count). The van der Waals surface area contributed by atoms with Crippen molar-refractivity contribution < 1.29 is 4.79 Å². The lowest BCUT2D eigenvalue weighted by atomic mass is 10.1. The molecular formula is C10H21NO. The highest BCUT2D eigenvalue weighted by atomic mass is 16.1. The van der Waals surface area contributed by atoms with Gasteiger partial charge in [-0.3, -0.25) is 0 Å². The summed E-state index contributed by atoms with van der Waals surface area (Å²) in [6, 6.07) is 0.0434. The third-order valence-electron chi connectivity index (χ3n) is 2.03. The van der Waals surface area contributed by atoms with Crippen LogP contribution in [0.1, 0.15) is 40.0 Å². The van der Waals surface area contributed by atoms with E-state index in [1.54, 1.807) is 0 Å². The Hall–Kier alpha value is -0.370. The maximum atomic E-state index is 10.5. The molecule has 72 valence electrons. The summed E-state index contributed by atoms with van der Waals surface area (Å²) in [5, 5.41) is 3.24. The molecule has 0 aliphatic rings. The van der Waals surface area contributed by atoms with Crippen molar-refractivity contribution in [3.63, 3.8) is 0 Å². The first-order valence-electron chi connectivity index (χ1n) is 4.91. The van der Waals surface area contributed by atoms with Crippen LogP contribution < -0.4 is 5.32 Å². The molecule has 1 atom stereocenters. The number of aldehydes is 1. The van der Waals surface area contributed by atoms with Crippen molar-refractivity contribution in [3.8, 4) is 0 Å². The summed E-state index contributed by atoms with van der Waals surface area (Å²) in [5.41, 5.74) is 0. The lowest BCUT2D eigenvalue weighted by molar-refractivity contribution is -0.110. The van der Waals surface area contributed by atoms with Crippen molar-refractivity contribution in [2.45, 2.75) is 46.1 Å². The van der Waals surface area contributed by atoms with Crippen LogP contribution in [0.4, 0.5) is 0 Å². The molecule has 0 saturated carbocycles. The second-order valence-electron chi connectivity index (χ2n) is 3.57. The van der Waals surface area contributed by atoms with Gasteiger partial charge in [-0.1, -0.05) is 33.6 Å². The van der Waals surface area contributed by atoms with Gasteiger partial charge in [-0.05, 0) is 18.9 Å². The van der Waals surface area contributed by atoms with E-state index < -0.39 is 0 Å². The Bertz CT molecular complexity index is 112. The Kier molecular flexibility index (Phi) is 7.06. The molecule has 2 heteroatoms. The van der Waals surface area contributed by atoms with Gasteiger partial charge in [-0.25, -0.2) is 0 Å². The number of hydrogen-bond acceptors (Lipinski definition) is 2. The predicted molar refractivity (Wildman–Crippen MR) is 52.2 cm³/mol. The maximum absolute atomic E-state index is 10.5. The minimum atomic E-state index is 0.0434. The van der Waals surface area contributed by atoms with E-state index in [2.05, 4.69) is 26.1 Å². The zero-order chi connectivity index (χ0) is 9.40. The Morgan fingerprint density at radius 1 is 1.33 bits per heavy atom. The van der Waals surface area contributed by atoms with Crippen LogP contribution in [-0.4, -0.2) is 18.9 Å². The molecule has 0 aliphatic carbocycles. The van der Waals surface area contributed by atoms with Crippen molar-refractivity contribution in [3.05, 3.63) is 0 Å². The smallest absolute Gasteiger partial charge is 0.137 e. The van der Waals surface area contributed by atoms with Crippen molar-refractivity contribution in [2.24, 2.45) is 5.92 Å². The van der Waals surface area contributed by atoms with E-state index in [9.17, 15) is 4.79 Å². The Morgan fingerprint density at radius 2 is 2.00 bits per heavy atom. The molecule has 0 fully saturated rings. The van der Waals surface area contributed by atoms with Gasteiger partial charge in [0.25, 0.3) is 0 Å². The van der Waals surface area contributed by atoms with E-state index in [1.165, 1.54) is 19.3 Å². The minimum Gasteiger partial charge on any atom is -0.308 e. The number of carbonyl (C=O) groups excluding carboxylic acids is 1. The van der Waals surface area contributed by atoms with E-state index in [1.807, 2.05) is 0 Å². The Balaban J connectivity index is 3.38. The van der Waals surface area contributed by atoms with Crippen LogP contribution in [0.5, 0.6) is 0 Å². The molecular weight excluding hydrogens is 150 g/mol. The first kappa shape index (κ1) is 11.6. The fourth-order valence-corrected chi connectivity index (χ4v) is 1.08. The van der Waals surface area contributed by atoms with Crippen molar-refractivity contribution in [1.82, 2.24) is 5.32 Å². The SMILES string of the molecule is CCCCCN[C@H](C=O)C(C)C. The second-order valence-corrected chi connectivity index (χ2v) is 3.57. The number of unbranched alkanes of at least 4 members (excludes halogenated alkanes) is 2. The summed E-state index contributed by atoms with van der Waals surface area (Å²) >= 11 is 0. The van der Waals surface area contributed by atoms with E-state index in [0.717, 1.165) is 12.8 Å². The van der Waals surface area contributed by atoms with Gasteiger partial charge >= 0.3 is 0 Å². The largest absolute Gasteiger partial charge is 0.308 e. The molecule has 0 saturated heterocycles. The van der Waals surface area contributed by atoms with Crippen LogP contribution in [0.25, 0.3) is 0 Å². The van der Waals surface area contributed by atoms with E-state index >= 15 is 0 Å². The first-order valence-corrected chi connectivity index (χ1v) is 4.91. The summed E-state index contributed by atoms with van der Waals surface area (Å²) in [6.07, 6.45) is 4.66. The summed E-state index contributed by atoms with van der Waals surface area (Å²) in [6.45, 7) is 7.27. The van der Waals surface area contributed by atoms with Gasteiger partial charge in [0.15, 0.2) is 0 Å². The summed E-state index contributed by atoms with van der Waals surface area (Å²) in [4.78, 5) is 10.5. The average Bonchev–Trinajstić information content (AvgIpc) is 2.04. The Labute approximate surface area is 75.7 Å². The van der Waals surface area contributed by atoms with Crippen LogP contribution in [0.15, 0.2) is 0 Å². The van der Waals surface area contributed by atoms with Crippen LogP contribution in [0, 0.1) is 5.92 Å². The number of nitrogens with one attached hydrogen (secondary N) is 1. The van der Waals surface area contributed by atoms with Gasteiger partial charge in [0, 0.05) is 0 Å². The predicted octanol–water partition coefficient (Wildman–Crippen LogP) is 1.99. The summed E-state index contributed by atoms with van der Waals surface area (Å²) in [7, 11) is 0. The highest BCUT2D eigenvalue weighted by Gasteiger charge is 2.09. The highest BCUT2D eigenvalue weighted by Crippen LogP contribution is 1.99. The summed E-state index contributed by atoms with van der Waals surface area (Å²) in [5.74, 6) is 0.407. The Morgan fingerprint density at radius 3 is 2.42 bits per heavy atom. The fraction of sp³-hybridized carbons (Fsp3) is 0.900. The van der Waals surface area contributed by atoms with Gasteiger partial charge in [0.2, 0.25) is 0 Å². The second kappa shape index (κ2) is 7.29. The number of hydrogen-bond donors (Lipinski definition) is 1. The van der Waals surface area contributed by atoms with E-state index in [-0.39, 0.29) is 6.04 Å². The molecule has 0 aromatic heterocycles. The van der Waals surface area contributed by atoms with Gasteiger partial charge in [0.05, 0.1) is 6.04 Å². The zero-order valence-corrected chi connectivity index (χ0v) is 8.47. The number of rotatable bonds is 7. The van der Waals surface area contributed by atoms with E-state index in [0.29, 0.717) is 5.92 Å². The molecule has 0 aliphatic heterocycles. The molecule has 0 radical (unpaired) electrons. The van der Waals surface area contributed by atoms with Crippen molar-refractivity contribution in [1.29, 1.82) is 0 Å². The molecule has 0 spiro atoms. The molecule has 0 bridgehead atoms. The fourth-order valence-electron chi connectivity index (χ4n) is 1.08. The molecule has 12 heavy (non-hydrogen) atoms. The van der Waals surface area contributed by atoms with Crippen LogP contribution in [0.2, 0.25) is 0 Å². The normalized spacial score (nSPS) is 13.3. The van der Waals surface area contributed by atoms with Gasteiger partial charge < -0.3 is 10.1 Å². The van der Waals surface area contributed by atoms with Crippen molar-refractivity contribution in [2.75, 3.05) is 6.54 Å². The first-order chi connectivity index (χ1) is 5.72. The molecule has 0 amide bonds. The van der Waals surface area contributed by atoms with Gasteiger partial charge in [-0.2, -0.15) is 0 Å². The van der Waals surface area contributed by atoms with Crippen LogP contribution in [-0.2, 0) is 4.79 Å². The molecule has 0 heterocycles. The molecule has 0 aromatic carbocycles. The molecule has 0 unspecified atom stereocenters. The lowest BCUT2D eigenvalue weighted by Crippen LogP contribution is -2.35. The number of carbonyl (C=O) groups is 1. The average molecular weight is 171 g/mol. The van der Waals surface area contributed by atoms with Crippen LogP contribution in [0.3, 0.4) is 0 Å². The molecule has 1 N–H and O–H groups in total. The van der Waals surface area contributed by atoms with Crippen LogP contribution >= 0.6 is 0 Å².